The molecule has 1 amide bonds. The number of carbonyl (C=O) groups is 2. The van der Waals surface area contributed by atoms with Crippen LogP contribution in [0.2, 0.25) is 5.02 Å². The van der Waals surface area contributed by atoms with Gasteiger partial charge < -0.3 is 15.0 Å². The minimum absolute atomic E-state index is 0.0374. The smallest absolute Gasteiger partial charge is 0.224 e. The van der Waals surface area contributed by atoms with Gasteiger partial charge in [-0.2, -0.15) is 0 Å². The summed E-state index contributed by atoms with van der Waals surface area (Å²) in [6.45, 7) is 4.67. The van der Waals surface area contributed by atoms with Crippen molar-refractivity contribution < 1.29 is 14.3 Å². The molecule has 0 aromatic heterocycles. The molecule has 0 radical (unpaired) electrons. The fraction of sp³-hybridized carbons (Fsp3) is 0.333. The van der Waals surface area contributed by atoms with Crippen LogP contribution < -0.4 is 10.2 Å². The average Bonchev–Trinajstić information content (AvgIpc) is 2.67. The van der Waals surface area contributed by atoms with Gasteiger partial charge in [0.15, 0.2) is 5.78 Å². The van der Waals surface area contributed by atoms with Crippen LogP contribution in [0, 0.1) is 6.92 Å². The largest absolute Gasteiger partial charge is 0.378 e. The molecule has 0 unspecified atom stereocenters. The van der Waals surface area contributed by atoms with E-state index in [1.54, 1.807) is 18.2 Å². The summed E-state index contributed by atoms with van der Waals surface area (Å²) >= 11 is 6.38. The van der Waals surface area contributed by atoms with Gasteiger partial charge in [-0.3, -0.25) is 9.59 Å². The van der Waals surface area contributed by atoms with Crippen LogP contribution in [0.4, 0.5) is 11.4 Å². The molecule has 6 heteroatoms. The molecule has 0 spiro atoms. The quantitative estimate of drug-likeness (QED) is 0.760. The molecule has 1 aliphatic heterocycles. The molecule has 0 atom stereocenters. The number of ether oxygens (including phenoxy) is 1. The number of para-hydroxylation sites is 1. The van der Waals surface area contributed by atoms with Gasteiger partial charge in [0, 0.05) is 31.5 Å². The van der Waals surface area contributed by atoms with E-state index in [1.807, 2.05) is 31.2 Å². The summed E-state index contributed by atoms with van der Waals surface area (Å²) in [6, 6.07) is 12.8. The Bertz CT molecular complexity index is 815. The molecule has 5 nitrogen and oxygen atoms in total. The number of anilines is 2. The number of nitrogens with zero attached hydrogens (tertiary/aromatic N) is 1. The lowest BCUT2D eigenvalue weighted by Crippen LogP contribution is -2.37. The molecule has 0 saturated carbocycles. The lowest BCUT2D eigenvalue weighted by Gasteiger charge is -2.31. The van der Waals surface area contributed by atoms with Crippen LogP contribution in [0.3, 0.4) is 0 Å². The Hall–Kier alpha value is -2.37. The fourth-order valence-corrected chi connectivity index (χ4v) is 3.34. The predicted molar refractivity (Wildman–Crippen MR) is 108 cm³/mol. The summed E-state index contributed by atoms with van der Waals surface area (Å²) in [5.74, 6) is -0.239. The molecule has 1 aliphatic rings. The first kappa shape index (κ1) is 19.4. The number of ketones is 1. The summed E-state index contributed by atoms with van der Waals surface area (Å²) in [7, 11) is 0. The van der Waals surface area contributed by atoms with E-state index in [2.05, 4.69) is 10.2 Å². The van der Waals surface area contributed by atoms with Crippen molar-refractivity contribution in [3.05, 3.63) is 58.6 Å². The molecule has 0 bridgehead atoms. The van der Waals surface area contributed by atoms with Gasteiger partial charge in [-0.15, -0.1) is 0 Å². The second-order valence-electron chi connectivity index (χ2n) is 6.57. The number of benzene rings is 2. The minimum Gasteiger partial charge on any atom is -0.378 e. The van der Waals surface area contributed by atoms with Crippen molar-refractivity contribution in [3.8, 4) is 0 Å². The van der Waals surface area contributed by atoms with E-state index in [-0.39, 0.29) is 24.5 Å². The van der Waals surface area contributed by atoms with Crippen molar-refractivity contribution in [2.45, 2.75) is 19.8 Å². The number of Topliss-reactive ketones (excluding diaryl/α,β-unsaturated/α-hetero) is 1. The van der Waals surface area contributed by atoms with E-state index in [4.69, 9.17) is 16.3 Å². The third-order valence-corrected chi connectivity index (χ3v) is 4.85. The number of rotatable bonds is 6. The monoisotopic (exact) mass is 386 g/mol. The third-order valence-electron chi connectivity index (χ3n) is 4.54. The Morgan fingerprint density at radius 2 is 1.78 bits per heavy atom. The van der Waals surface area contributed by atoms with E-state index in [0.717, 1.165) is 24.3 Å². The van der Waals surface area contributed by atoms with Crippen LogP contribution in [0.5, 0.6) is 0 Å². The molecule has 1 saturated heterocycles. The van der Waals surface area contributed by atoms with Crippen molar-refractivity contribution in [2.24, 2.45) is 0 Å². The van der Waals surface area contributed by atoms with Gasteiger partial charge in [0.25, 0.3) is 0 Å². The van der Waals surface area contributed by atoms with Crippen molar-refractivity contribution in [3.63, 3.8) is 0 Å². The second-order valence-corrected chi connectivity index (χ2v) is 6.98. The zero-order valence-electron chi connectivity index (χ0n) is 15.3. The summed E-state index contributed by atoms with van der Waals surface area (Å²) < 4.78 is 5.39. The Labute approximate surface area is 164 Å². The van der Waals surface area contributed by atoms with Gasteiger partial charge in [0.1, 0.15) is 0 Å². The molecule has 2 aromatic carbocycles. The van der Waals surface area contributed by atoms with Gasteiger partial charge in [0.05, 0.1) is 29.6 Å². The number of amides is 1. The molecule has 3 rings (SSSR count). The van der Waals surface area contributed by atoms with Gasteiger partial charge in [-0.25, -0.2) is 0 Å². The van der Waals surface area contributed by atoms with Crippen molar-refractivity contribution >= 4 is 34.7 Å². The first-order valence-corrected chi connectivity index (χ1v) is 9.43. The van der Waals surface area contributed by atoms with E-state index < -0.39 is 0 Å². The number of morpholine rings is 1. The highest BCUT2D eigenvalue weighted by Crippen LogP contribution is 2.34. The number of hydrogen-bond acceptors (Lipinski definition) is 4. The third kappa shape index (κ3) is 5.08. The summed E-state index contributed by atoms with van der Waals surface area (Å²) in [6.07, 6.45) is 0.296. The van der Waals surface area contributed by atoms with Crippen LogP contribution in [0.1, 0.15) is 28.8 Å². The summed E-state index contributed by atoms with van der Waals surface area (Å²) in [5, 5.41) is 3.49. The maximum absolute atomic E-state index is 12.4. The summed E-state index contributed by atoms with van der Waals surface area (Å²) in [5.41, 5.74) is 3.20. The number of aryl methyl sites for hydroxylation is 1. The van der Waals surface area contributed by atoms with Gasteiger partial charge >= 0.3 is 0 Å². The maximum Gasteiger partial charge on any atom is 0.224 e. The average molecular weight is 387 g/mol. The molecule has 1 N–H and O–H groups in total. The van der Waals surface area contributed by atoms with Gasteiger partial charge in [-0.1, -0.05) is 47.5 Å². The normalized spacial score (nSPS) is 14.1. The highest BCUT2D eigenvalue weighted by molar-refractivity contribution is 6.34. The van der Waals surface area contributed by atoms with Crippen LogP contribution in [0.25, 0.3) is 0 Å². The van der Waals surface area contributed by atoms with Crippen molar-refractivity contribution in [1.29, 1.82) is 0 Å². The zero-order valence-corrected chi connectivity index (χ0v) is 16.1. The molecular formula is C21H23ClN2O3. The highest BCUT2D eigenvalue weighted by atomic mass is 35.5. The van der Waals surface area contributed by atoms with E-state index in [0.29, 0.717) is 29.5 Å². The molecular weight excluding hydrogens is 364 g/mol. The van der Waals surface area contributed by atoms with Crippen LogP contribution in [-0.4, -0.2) is 38.0 Å². The van der Waals surface area contributed by atoms with Crippen molar-refractivity contribution in [2.75, 3.05) is 36.5 Å². The van der Waals surface area contributed by atoms with Gasteiger partial charge in [-0.05, 0) is 19.1 Å². The van der Waals surface area contributed by atoms with Crippen molar-refractivity contribution in [1.82, 2.24) is 0 Å². The summed E-state index contributed by atoms with van der Waals surface area (Å²) in [4.78, 5) is 26.8. The zero-order chi connectivity index (χ0) is 19.2. The number of carbonyl (C=O) groups excluding carboxylic acids is 2. The molecule has 1 fully saturated rings. The highest BCUT2D eigenvalue weighted by Gasteiger charge is 2.19. The predicted octanol–water partition coefficient (Wildman–Crippen LogP) is 4.09. The van der Waals surface area contributed by atoms with E-state index in [1.165, 1.54) is 0 Å². The Morgan fingerprint density at radius 1 is 1.07 bits per heavy atom. The van der Waals surface area contributed by atoms with Gasteiger partial charge in [0.2, 0.25) is 5.91 Å². The molecule has 142 valence electrons. The molecule has 0 aliphatic carbocycles. The number of hydrogen-bond donors (Lipinski definition) is 1. The Morgan fingerprint density at radius 3 is 2.48 bits per heavy atom. The fourth-order valence-electron chi connectivity index (χ4n) is 3.05. The number of halogens is 1. The van der Waals surface area contributed by atoms with Crippen LogP contribution >= 0.6 is 11.6 Å². The first-order valence-electron chi connectivity index (χ1n) is 9.05. The SMILES string of the molecule is Cc1ccc(C(=O)CCC(=O)Nc2cccc(Cl)c2N2CCOCC2)cc1. The van der Waals surface area contributed by atoms with E-state index in [9.17, 15) is 9.59 Å². The lowest BCUT2D eigenvalue weighted by atomic mass is 10.0. The maximum atomic E-state index is 12.4. The minimum atomic E-state index is -0.202. The molecule has 27 heavy (non-hydrogen) atoms. The number of nitrogens with one attached hydrogen (secondary N) is 1. The Balaban J connectivity index is 1.63. The second kappa shape index (κ2) is 9.02. The first-order chi connectivity index (χ1) is 13.0. The topological polar surface area (TPSA) is 58.6 Å². The standard InChI is InChI=1S/C21H23ClN2O3/c1-15-5-7-16(8-6-15)19(25)9-10-20(26)23-18-4-2-3-17(22)21(18)24-11-13-27-14-12-24/h2-8H,9-14H2,1H3,(H,23,26). The molecule has 2 aromatic rings. The van der Waals surface area contributed by atoms with Crippen LogP contribution in [0.15, 0.2) is 42.5 Å². The Kier molecular flexibility index (Phi) is 6.48. The van der Waals surface area contributed by atoms with Crippen LogP contribution in [-0.2, 0) is 9.53 Å². The van der Waals surface area contributed by atoms with E-state index >= 15 is 0 Å². The lowest BCUT2D eigenvalue weighted by molar-refractivity contribution is -0.116. The molecule has 1 heterocycles.